The molecule has 0 atom stereocenters. The molecule has 0 aromatic rings. The fraction of sp³-hybridized carbons (Fsp3) is 1.00. The molecule has 0 radical (unpaired) electrons. The average molecular weight is 147 g/mol. The van der Waals surface area contributed by atoms with Gasteiger partial charge in [-0.1, -0.05) is 44.6 Å². The first-order valence-electron chi connectivity index (χ1n) is 3.73. The standard InChI is InChI=1S/C7H17NS/c1-2-3-4-5-6-7-9-8/h2-8H2,1H3. The maximum atomic E-state index is 5.26. The molecule has 0 saturated carbocycles. The van der Waals surface area contributed by atoms with Gasteiger partial charge in [0.15, 0.2) is 0 Å². The molecular weight excluding hydrogens is 130 g/mol. The van der Waals surface area contributed by atoms with Crippen molar-refractivity contribution in [2.75, 3.05) is 5.75 Å². The van der Waals surface area contributed by atoms with Crippen LogP contribution in [0.2, 0.25) is 0 Å². The third-order valence-electron chi connectivity index (χ3n) is 1.37. The molecule has 0 spiro atoms. The van der Waals surface area contributed by atoms with Crippen LogP contribution in [0.3, 0.4) is 0 Å². The van der Waals surface area contributed by atoms with Crippen molar-refractivity contribution >= 4 is 11.9 Å². The van der Waals surface area contributed by atoms with Gasteiger partial charge in [0.25, 0.3) is 0 Å². The van der Waals surface area contributed by atoms with E-state index in [2.05, 4.69) is 6.92 Å². The molecule has 0 heterocycles. The Morgan fingerprint density at radius 1 is 1.11 bits per heavy atom. The van der Waals surface area contributed by atoms with Gasteiger partial charge in [-0.25, -0.2) is 0 Å². The van der Waals surface area contributed by atoms with Gasteiger partial charge in [-0.15, -0.1) is 0 Å². The molecule has 0 aliphatic heterocycles. The molecule has 2 heteroatoms. The highest BCUT2D eigenvalue weighted by Crippen LogP contribution is 2.04. The number of unbranched alkanes of at least 4 members (excludes halogenated alkanes) is 4. The SMILES string of the molecule is CCCCCCCSN. The third kappa shape index (κ3) is 8.31. The molecule has 0 unspecified atom stereocenters. The summed E-state index contributed by atoms with van der Waals surface area (Å²) >= 11 is 1.46. The summed E-state index contributed by atoms with van der Waals surface area (Å²) in [5.74, 6) is 1.13. The highest BCUT2D eigenvalue weighted by Gasteiger charge is 1.86. The van der Waals surface area contributed by atoms with E-state index < -0.39 is 0 Å². The third-order valence-corrected chi connectivity index (χ3v) is 1.89. The van der Waals surface area contributed by atoms with E-state index in [9.17, 15) is 0 Å². The molecule has 9 heavy (non-hydrogen) atoms. The predicted octanol–water partition coefficient (Wildman–Crippen LogP) is 2.56. The first kappa shape index (κ1) is 9.31. The fourth-order valence-corrected chi connectivity index (χ4v) is 1.16. The lowest BCUT2D eigenvalue weighted by atomic mass is 10.2. The maximum absolute atomic E-state index is 5.26. The van der Waals surface area contributed by atoms with E-state index in [1.54, 1.807) is 0 Å². The Hall–Kier alpha value is 0.310. The lowest BCUT2D eigenvalue weighted by molar-refractivity contribution is 0.659. The van der Waals surface area contributed by atoms with Crippen LogP contribution in [0.5, 0.6) is 0 Å². The second-order valence-electron chi connectivity index (χ2n) is 2.29. The summed E-state index contributed by atoms with van der Waals surface area (Å²) in [4.78, 5) is 0. The molecule has 0 aliphatic carbocycles. The summed E-state index contributed by atoms with van der Waals surface area (Å²) in [5, 5.41) is 5.26. The summed E-state index contributed by atoms with van der Waals surface area (Å²) in [6.07, 6.45) is 6.75. The molecule has 0 aliphatic rings. The minimum absolute atomic E-state index is 1.13. The summed E-state index contributed by atoms with van der Waals surface area (Å²) in [6, 6.07) is 0. The Morgan fingerprint density at radius 2 is 1.78 bits per heavy atom. The highest BCUT2D eigenvalue weighted by atomic mass is 32.2. The summed E-state index contributed by atoms with van der Waals surface area (Å²) in [5.41, 5.74) is 0. The van der Waals surface area contributed by atoms with E-state index in [1.165, 1.54) is 44.1 Å². The van der Waals surface area contributed by atoms with Gasteiger partial charge in [-0.05, 0) is 6.42 Å². The van der Waals surface area contributed by atoms with Crippen molar-refractivity contribution in [3.8, 4) is 0 Å². The molecule has 0 fully saturated rings. The van der Waals surface area contributed by atoms with Crippen LogP contribution >= 0.6 is 11.9 Å². The van der Waals surface area contributed by atoms with Crippen LogP contribution < -0.4 is 5.14 Å². The molecule has 0 aromatic carbocycles. The Balaban J connectivity index is 2.60. The summed E-state index contributed by atoms with van der Waals surface area (Å²) in [6.45, 7) is 2.23. The van der Waals surface area contributed by atoms with Crippen molar-refractivity contribution in [2.45, 2.75) is 39.0 Å². The number of hydrogen-bond donors (Lipinski definition) is 1. The predicted molar refractivity (Wildman–Crippen MR) is 45.4 cm³/mol. The van der Waals surface area contributed by atoms with Gasteiger partial charge < -0.3 is 0 Å². The minimum atomic E-state index is 1.13. The quantitative estimate of drug-likeness (QED) is 0.461. The van der Waals surface area contributed by atoms with Crippen molar-refractivity contribution in [1.29, 1.82) is 0 Å². The number of hydrogen-bond acceptors (Lipinski definition) is 2. The van der Waals surface area contributed by atoms with Crippen molar-refractivity contribution in [1.82, 2.24) is 0 Å². The van der Waals surface area contributed by atoms with Crippen LogP contribution in [0.4, 0.5) is 0 Å². The van der Waals surface area contributed by atoms with Gasteiger partial charge in [0.05, 0.1) is 0 Å². The molecule has 1 nitrogen and oxygen atoms in total. The van der Waals surface area contributed by atoms with Crippen LogP contribution in [0, 0.1) is 0 Å². The Bertz CT molecular complexity index is 42.2. The molecule has 0 aromatic heterocycles. The number of rotatable bonds is 6. The molecule has 0 saturated heterocycles. The Labute approximate surface area is 62.5 Å². The minimum Gasteiger partial charge on any atom is -0.278 e. The van der Waals surface area contributed by atoms with E-state index in [0.717, 1.165) is 5.75 Å². The van der Waals surface area contributed by atoms with Crippen LogP contribution in [-0.2, 0) is 0 Å². The second kappa shape index (κ2) is 8.31. The lowest BCUT2D eigenvalue weighted by Gasteiger charge is -1.95. The van der Waals surface area contributed by atoms with Crippen LogP contribution in [0.25, 0.3) is 0 Å². The zero-order chi connectivity index (χ0) is 6.95. The van der Waals surface area contributed by atoms with Crippen LogP contribution in [0.15, 0.2) is 0 Å². The van der Waals surface area contributed by atoms with Gasteiger partial charge in [-0.2, -0.15) is 0 Å². The molecule has 2 N–H and O–H groups in total. The first-order chi connectivity index (χ1) is 4.41. The van der Waals surface area contributed by atoms with Crippen LogP contribution in [0.1, 0.15) is 39.0 Å². The van der Waals surface area contributed by atoms with Gasteiger partial charge in [0.2, 0.25) is 0 Å². The Morgan fingerprint density at radius 3 is 2.33 bits per heavy atom. The molecular formula is C7H17NS. The van der Waals surface area contributed by atoms with Gasteiger partial charge in [-0.3, -0.25) is 5.14 Å². The molecule has 56 valence electrons. The van der Waals surface area contributed by atoms with E-state index in [1.807, 2.05) is 0 Å². The van der Waals surface area contributed by atoms with E-state index in [4.69, 9.17) is 5.14 Å². The van der Waals surface area contributed by atoms with E-state index in [0.29, 0.717) is 0 Å². The van der Waals surface area contributed by atoms with E-state index in [-0.39, 0.29) is 0 Å². The largest absolute Gasteiger partial charge is 0.278 e. The lowest BCUT2D eigenvalue weighted by Crippen LogP contribution is -1.85. The first-order valence-corrected chi connectivity index (χ1v) is 4.78. The fourth-order valence-electron chi connectivity index (χ4n) is 0.789. The number of nitrogens with two attached hydrogens (primary N) is 1. The monoisotopic (exact) mass is 147 g/mol. The van der Waals surface area contributed by atoms with Crippen molar-refractivity contribution in [2.24, 2.45) is 5.14 Å². The van der Waals surface area contributed by atoms with Gasteiger partial charge in [0, 0.05) is 5.75 Å². The topological polar surface area (TPSA) is 26.0 Å². The van der Waals surface area contributed by atoms with Crippen molar-refractivity contribution in [3.63, 3.8) is 0 Å². The normalized spacial score (nSPS) is 10.0. The van der Waals surface area contributed by atoms with Crippen molar-refractivity contribution in [3.05, 3.63) is 0 Å². The smallest absolute Gasteiger partial charge is 0.00764 e. The summed E-state index contributed by atoms with van der Waals surface area (Å²) in [7, 11) is 0. The zero-order valence-electron chi connectivity index (χ0n) is 6.23. The zero-order valence-corrected chi connectivity index (χ0v) is 7.04. The summed E-state index contributed by atoms with van der Waals surface area (Å²) < 4.78 is 0. The van der Waals surface area contributed by atoms with Crippen molar-refractivity contribution < 1.29 is 0 Å². The molecule has 0 bridgehead atoms. The van der Waals surface area contributed by atoms with Gasteiger partial charge in [0.1, 0.15) is 0 Å². The maximum Gasteiger partial charge on any atom is 0.00764 e. The second-order valence-corrected chi connectivity index (χ2v) is 3.03. The molecule has 0 rings (SSSR count). The van der Waals surface area contributed by atoms with Gasteiger partial charge >= 0.3 is 0 Å². The molecule has 0 amide bonds. The average Bonchev–Trinajstić information content (AvgIpc) is 1.89. The van der Waals surface area contributed by atoms with E-state index >= 15 is 0 Å². The highest BCUT2D eigenvalue weighted by molar-refractivity contribution is 7.97. The Kier molecular flexibility index (Phi) is 8.60. The van der Waals surface area contributed by atoms with Crippen LogP contribution in [-0.4, -0.2) is 5.75 Å².